The van der Waals surface area contributed by atoms with Crippen LogP contribution >= 0.6 is 0 Å². The van der Waals surface area contributed by atoms with Crippen LogP contribution in [0.5, 0.6) is 0 Å². The average Bonchev–Trinajstić information content (AvgIpc) is 3.15. The van der Waals surface area contributed by atoms with Crippen LogP contribution in [-0.4, -0.2) is 35.7 Å². The van der Waals surface area contributed by atoms with Gasteiger partial charge in [0.05, 0.1) is 5.69 Å². The Balaban J connectivity index is 1.46. The smallest absolute Gasteiger partial charge is 0.317 e. The first-order valence-corrected chi connectivity index (χ1v) is 9.19. The fraction of sp³-hybridized carbons (Fsp3) is 0.684. The van der Waals surface area contributed by atoms with Crippen molar-refractivity contribution in [2.24, 2.45) is 5.41 Å². The van der Waals surface area contributed by atoms with Crippen LogP contribution < -0.4 is 5.32 Å². The highest BCUT2D eigenvalue weighted by atomic mass is 16.5. The fourth-order valence-electron chi connectivity index (χ4n) is 3.79. The number of nitrogens with zero attached hydrogens (tertiary/aromatic N) is 2. The second-order valence-electron chi connectivity index (χ2n) is 7.70. The van der Waals surface area contributed by atoms with Gasteiger partial charge in [0.15, 0.2) is 0 Å². The van der Waals surface area contributed by atoms with Crippen LogP contribution in [-0.2, 0) is 0 Å². The van der Waals surface area contributed by atoms with Crippen molar-refractivity contribution >= 4 is 6.03 Å². The molecular weight excluding hydrogens is 302 g/mol. The van der Waals surface area contributed by atoms with Crippen molar-refractivity contribution < 1.29 is 9.32 Å². The molecule has 2 amide bonds. The summed E-state index contributed by atoms with van der Waals surface area (Å²) in [6, 6.07) is 2.00. The zero-order valence-electron chi connectivity index (χ0n) is 14.9. The van der Waals surface area contributed by atoms with Gasteiger partial charge in [-0.05, 0) is 38.5 Å². The second kappa shape index (κ2) is 7.41. The summed E-state index contributed by atoms with van der Waals surface area (Å²) in [4.78, 5) is 14.4. The van der Waals surface area contributed by atoms with E-state index in [9.17, 15) is 4.79 Å². The lowest BCUT2D eigenvalue weighted by Crippen LogP contribution is -2.46. The average molecular weight is 331 g/mol. The summed E-state index contributed by atoms with van der Waals surface area (Å²) in [5.41, 5.74) is 2.56. The predicted molar refractivity (Wildman–Crippen MR) is 93.8 cm³/mol. The number of hydrogen-bond acceptors (Lipinski definition) is 3. The molecule has 0 radical (unpaired) electrons. The summed E-state index contributed by atoms with van der Waals surface area (Å²) >= 11 is 0. The zero-order valence-corrected chi connectivity index (χ0v) is 14.9. The monoisotopic (exact) mass is 331 g/mol. The van der Waals surface area contributed by atoms with Crippen LogP contribution in [0.2, 0.25) is 0 Å². The molecule has 2 heterocycles. The van der Waals surface area contributed by atoms with Crippen molar-refractivity contribution in [3.63, 3.8) is 0 Å². The van der Waals surface area contributed by atoms with Crippen LogP contribution in [0.15, 0.2) is 28.5 Å². The van der Waals surface area contributed by atoms with Crippen LogP contribution in [0.3, 0.4) is 0 Å². The van der Waals surface area contributed by atoms with E-state index in [0.717, 1.165) is 31.6 Å². The number of hydrogen-bond donors (Lipinski definition) is 1. The highest BCUT2D eigenvalue weighted by molar-refractivity contribution is 5.74. The lowest BCUT2D eigenvalue weighted by Gasteiger charge is -2.34. The Kier molecular flexibility index (Phi) is 5.27. The van der Waals surface area contributed by atoms with Gasteiger partial charge in [-0.2, -0.15) is 0 Å². The first-order chi connectivity index (χ1) is 11.6. The van der Waals surface area contributed by atoms with E-state index in [1.807, 2.05) is 11.0 Å². The molecule has 0 aromatic carbocycles. The quantitative estimate of drug-likeness (QED) is 0.845. The zero-order chi connectivity index (χ0) is 17.0. The third-order valence-electron chi connectivity index (χ3n) is 5.50. The topological polar surface area (TPSA) is 58.4 Å². The van der Waals surface area contributed by atoms with Gasteiger partial charge in [0.2, 0.25) is 0 Å². The van der Waals surface area contributed by atoms with Crippen molar-refractivity contribution in [2.75, 3.05) is 19.6 Å². The van der Waals surface area contributed by atoms with Gasteiger partial charge >= 0.3 is 6.03 Å². The minimum atomic E-state index is 0.0507. The Hall–Kier alpha value is -1.78. The van der Waals surface area contributed by atoms with E-state index < -0.39 is 0 Å². The van der Waals surface area contributed by atoms with Crippen LogP contribution in [0.1, 0.15) is 64.0 Å². The first-order valence-electron chi connectivity index (χ1n) is 9.19. The molecule has 1 aliphatic heterocycles. The van der Waals surface area contributed by atoms with Crippen molar-refractivity contribution in [3.8, 4) is 0 Å². The standard InChI is InChI=1S/C19H29N3O2/c1-19(2,16-6-4-3-5-7-16)14-20-18(23)22-11-8-15(9-12-22)17-10-13-24-21-17/h6,10,13,15H,3-5,7-9,11-12,14H2,1-2H3,(H,20,23). The third kappa shape index (κ3) is 4.00. The summed E-state index contributed by atoms with van der Waals surface area (Å²) in [6.07, 6.45) is 10.8. The van der Waals surface area contributed by atoms with Crippen LogP contribution in [0, 0.1) is 5.41 Å². The molecule has 2 aliphatic rings. The molecule has 1 N–H and O–H groups in total. The molecule has 24 heavy (non-hydrogen) atoms. The van der Waals surface area contributed by atoms with Gasteiger partial charge in [0.1, 0.15) is 6.26 Å². The molecule has 1 aromatic heterocycles. The minimum absolute atomic E-state index is 0.0507. The maximum absolute atomic E-state index is 12.5. The molecule has 0 atom stereocenters. The van der Waals surface area contributed by atoms with E-state index in [1.54, 1.807) is 6.26 Å². The molecule has 0 saturated carbocycles. The Labute approximate surface area is 144 Å². The van der Waals surface area contributed by atoms with Crippen molar-refractivity contribution in [1.82, 2.24) is 15.4 Å². The summed E-state index contributed by atoms with van der Waals surface area (Å²) in [6.45, 7) is 6.75. The van der Waals surface area contributed by atoms with Crippen molar-refractivity contribution in [2.45, 2.75) is 58.3 Å². The van der Waals surface area contributed by atoms with E-state index in [1.165, 1.54) is 31.3 Å². The SMILES string of the molecule is CC(C)(CNC(=O)N1CCC(c2ccon2)CC1)C1=CCCCC1. The Bertz CT molecular complexity index is 569. The number of amides is 2. The second-order valence-corrected chi connectivity index (χ2v) is 7.70. The van der Waals surface area contributed by atoms with Gasteiger partial charge in [-0.1, -0.05) is 30.7 Å². The van der Waals surface area contributed by atoms with Gasteiger partial charge < -0.3 is 14.7 Å². The number of rotatable bonds is 4. The van der Waals surface area contributed by atoms with Gasteiger partial charge in [0.25, 0.3) is 0 Å². The van der Waals surface area contributed by atoms with Gasteiger partial charge in [-0.15, -0.1) is 0 Å². The highest BCUT2D eigenvalue weighted by Gasteiger charge is 2.28. The number of nitrogens with one attached hydrogen (secondary N) is 1. The van der Waals surface area contributed by atoms with Gasteiger partial charge in [-0.3, -0.25) is 0 Å². The maximum atomic E-state index is 12.5. The molecule has 0 bridgehead atoms. The molecule has 1 saturated heterocycles. The van der Waals surface area contributed by atoms with Crippen LogP contribution in [0.25, 0.3) is 0 Å². The molecule has 5 heteroatoms. The number of carbonyl (C=O) groups excluding carboxylic acids is 1. The van der Waals surface area contributed by atoms with E-state index >= 15 is 0 Å². The van der Waals surface area contributed by atoms with Crippen molar-refractivity contribution in [3.05, 3.63) is 29.7 Å². The molecule has 1 aromatic rings. The summed E-state index contributed by atoms with van der Waals surface area (Å²) in [5, 5.41) is 7.18. The molecule has 0 unspecified atom stereocenters. The number of allylic oxidation sites excluding steroid dienone is 1. The van der Waals surface area contributed by atoms with E-state index in [0.29, 0.717) is 12.5 Å². The molecule has 1 fully saturated rings. The maximum Gasteiger partial charge on any atom is 0.317 e. The molecular formula is C19H29N3O2. The first kappa shape index (κ1) is 17.1. The molecule has 132 valence electrons. The number of likely N-dealkylation sites (tertiary alicyclic amines) is 1. The molecule has 0 spiro atoms. The summed E-state index contributed by atoms with van der Waals surface area (Å²) in [5.74, 6) is 0.414. The van der Waals surface area contributed by atoms with Crippen LogP contribution in [0.4, 0.5) is 4.79 Å². The van der Waals surface area contributed by atoms with Gasteiger partial charge in [0, 0.05) is 37.0 Å². The predicted octanol–water partition coefficient (Wildman–Crippen LogP) is 4.09. The normalized spacial score (nSPS) is 19.9. The Morgan fingerprint density at radius 2 is 2.17 bits per heavy atom. The number of carbonyl (C=O) groups is 1. The lowest BCUT2D eigenvalue weighted by molar-refractivity contribution is 0.177. The number of aromatic nitrogens is 1. The van der Waals surface area contributed by atoms with E-state index in [-0.39, 0.29) is 11.4 Å². The minimum Gasteiger partial charge on any atom is -0.365 e. The molecule has 1 aliphatic carbocycles. The Morgan fingerprint density at radius 3 is 2.79 bits per heavy atom. The Morgan fingerprint density at radius 1 is 1.38 bits per heavy atom. The summed E-state index contributed by atoms with van der Waals surface area (Å²) < 4.78 is 4.93. The van der Waals surface area contributed by atoms with Gasteiger partial charge in [-0.25, -0.2) is 4.79 Å². The highest BCUT2D eigenvalue weighted by Crippen LogP contribution is 2.33. The largest absolute Gasteiger partial charge is 0.365 e. The van der Waals surface area contributed by atoms with E-state index in [4.69, 9.17) is 4.52 Å². The number of piperidine rings is 1. The molecule has 5 nitrogen and oxygen atoms in total. The van der Waals surface area contributed by atoms with E-state index in [2.05, 4.69) is 30.4 Å². The number of urea groups is 1. The fourth-order valence-corrected chi connectivity index (χ4v) is 3.79. The lowest BCUT2D eigenvalue weighted by atomic mass is 9.78. The summed E-state index contributed by atoms with van der Waals surface area (Å²) in [7, 11) is 0. The molecule has 3 rings (SSSR count). The van der Waals surface area contributed by atoms with Crippen molar-refractivity contribution in [1.29, 1.82) is 0 Å². The third-order valence-corrected chi connectivity index (χ3v) is 5.50.